The van der Waals surface area contributed by atoms with Gasteiger partial charge in [0.05, 0.1) is 12.0 Å². The van der Waals surface area contributed by atoms with E-state index in [1.807, 2.05) is 31.2 Å². The van der Waals surface area contributed by atoms with Crippen molar-refractivity contribution >= 4 is 21.9 Å². The smallest absolute Gasteiger partial charge is 0.316 e. The molecule has 1 rings (SSSR count). The van der Waals surface area contributed by atoms with Crippen molar-refractivity contribution < 1.29 is 9.53 Å². The van der Waals surface area contributed by atoms with Crippen LogP contribution in [0.2, 0.25) is 0 Å². The number of rotatable bonds is 5. The maximum atomic E-state index is 12.1. The van der Waals surface area contributed by atoms with Crippen LogP contribution in [0, 0.1) is 0 Å². The van der Waals surface area contributed by atoms with Crippen LogP contribution in [-0.4, -0.2) is 19.1 Å². The predicted molar refractivity (Wildman–Crippen MR) is 71.8 cm³/mol. The zero-order valence-electron chi connectivity index (χ0n) is 10.2. The predicted octanol–water partition coefficient (Wildman–Crippen LogP) is 2.62. The van der Waals surface area contributed by atoms with Crippen LogP contribution >= 0.6 is 15.9 Å². The van der Waals surface area contributed by atoms with Crippen LogP contribution in [0.5, 0.6) is 0 Å². The number of benzene rings is 1. The molecule has 0 aliphatic heterocycles. The molecule has 0 aliphatic rings. The molecule has 0 bridgehead atoms. The Balaban J connectivity index is 3.15. The number of halogens is 1. The second-order valence-corrected chi connectivity index (χ2v) is 4.93. The van der Waals surface area contributed by atoms with E-state index < -0.39 is 5.41 Å². The zero-order chi connectivity index (χ0) is 12.9. The lowest BCUT2D eigenvalue weighted by atomic mass is 9.79. The number of carbonyl (C=O) groups is 1. The molecule has 0 saturated heterocycles. The largest absolute Gasteiger partial charge is 0.465 e. The van der Waals surface area contributed by atoms with Crippen LogP contribution in [0.4, 0.5) is 0 Å². The van der Waals surface area contributed by atoms with Crippen molar-refractivity contribution in [3.63, 3.8) is 0 Å². The fourth-order valence-corrected chi connectivity index (χ4v) is 2.56. The maximum Gasteiger partial charge on any atom is 0.316 e. The highest BCUT2D eigenvalue weighted by Gasteiger charge is 2.37. The Morgan fingerprint density at radius 2 is 2.12 bits per heavy atom. The minimum absolute atomic E-state index is 0.225. The molecule has 4 heteroatoms. The Bertz CT molecular complexity index is 395. The summed E-state index contributed by atoms with van der Waals surface area (Å²) in [7, 11) is 0. The summed E-state index contributed by atoms with van der Waals surface area (Å²) in [6.07, 6.45) is 0.564. The van der Waals surface area contributed by atoms with Crippen LogP contribution in [0.25, 0.3) is 0 Å². The first kappa shape index (κ1) is 14.2. The van der Waals surface area contributed by atoms with Crippen LogP contribution in [0.3, 0.4) is 0 Å². The third-order valence-electron chi connectivity index (χ3n) is 2.84. The molecule has 1 atom stereocenters. The highest BCUT2D eigenvalue weighted by atomic mass is 79.9. The fraction of sp³-hybridized carbons (Fsp3) is 0.462. The molecule has 17 heavy (non-hydrogen) atoms. The third kappa shape index (κ3) is 3.07. The molecule has 0 heterocycles. The number of ether oxygens (including phenoxy) is 1. The summed E-state index contributed by atoms with van der Waals surface area (Å²) in [5.41, 5.74) is 5.84. The Hall–Kier alpha value is -0.870. The van der Waals surface area contributed by atoms with Gasteiger partial charge in [-0.3, -0.25) is 4.79 Å². The summed E-state index contributed by atoms with van der Waals surface area (Å²) in [5, 5.41) is 0. The van der Waals surface area contributed by atoms with Crippen molar-refractivity contribution in [1.82, 2.24) is 0 Å². The number of carbonyl (C=O) groups excluding carboxylic acids is 1. The van der Waals surface area contributed by atoms with Crippen molar-refractivity contribution in [3.8, 4) is 0 Å². The fourth-order valence-electron chi connectivity index (χ4n) is 1.83. The molecule has 0 radical (unpaired) electrons. The van der Waals surface area contributed by atoms with Crippen LogP contribution in [0.15, 0.2) is 28.7 Å². The molecule has 1 aromatic carbocycles. The lowest BCUT2D eigenvalue weighted by Crippen LogP contribution is -2.37. The molecule has 0 aliphatic carbocycles. The second kappa shape index (κ2) is 6.17. The monoisotopic (exact) mass is 299 g/mol. The highest BCUT2D eigenvalue weighted by molar-refractivity contribution is 9.10. The zero-order valence-corrected chi connectivity index (χ0v) is 11.8. The molecular formula is C13H18BrNO2. The summed E-state index contributed by atoms with van der Waals surface area (Å²) in [6, 6.07) is 7.68. The van der Waals surface area contributed by atoms with Crippen molar-refractivity contribution in [3.05, 3.63) is 34.3 Å². The van der Waals surface area contributed by atoms with Gasteiger partial charge < -0.3 is 10.5 Å². The van der Waals surface area contributed by atoms with Gasteiger partial charge in [-0.1, -0.05) is 34.1 Å². The SMILES string of the molecule is CCOC(=O)C(C)(CCN)c1ccccc1Br. The number of nitrogens with two attached hydrogens (primary N) is 1. The molecule has 0 spiro atoms. The average molecular weight is 300 g/mol. The molecule has 1 unspecified atom stereocenters. The third-order valence-corrected chi connectivity index (χ3v) is 3.53. The molecule has 94 valence electrons. The minimum Gasteiger partial charge on any atom is -0.465 e. The molecule has 0 saturated carbocycles. The van der Waals surface area contributed by atoms with E-state index in [0.29, 0.717) is 19.6 Å². The van der Waals surface area contributed by atoms with Crippen molar-refractivity contribution in [2.45, 2.75) is 25.7 Å². The van der Waals surface area contributed by atoms with Gasteiger partial charge >= 0.3 is 5.97 Å². The maximum absolute atomic E-state index is 12.1. The van der Waals surface area contributed by atoms with E-state index in [0.717, 1.165) is 10.0 Å². The van der Waals surface area contributed by atoms with Gasteiger partial charge in [0.15, 0.2) is 0 Å². The first-order chi connectivity index (χ1) is 8.06. The van der Waals surface area contributed by atoms with Gasteiger partial charge in [-0.25, -0.2) is 0 Å². The van der Waals surface area contributed by atoms with Gasteiger partial charge in [0.1, 0.15) is 0 Å². The summed E-state index contributed by atoms with van der Waals surface area (Å²) in [6.45, 7) is 4.50. The molecule has 1 aromatic rings. The second-order valence-electron chi connectivity index (χ2n) is 4.07. The molecule has 0 aromatic heterocycles. The molecular weight excluding hydrogens is 282 g/mol. The molecule has 3 nitrogen and oxygen atoms in total. The minimum atomic E-state index is -0.690. The number of hydrogen-bond donors (Lipinski definition) is 1. The molecule has 0 fully saturated rings. The van der Waals surface area contributed by atoms with Gasteiger partial charge in [0.2, 0.25) is 0 Å². The van der Waals surface area contributed by atoms with Gasteiger partial charge in [-0.2, -0.15) is 0 Å². The lowest BCUT2D eigenvalue weighted by molar-refractivity contribution is -0.149. The van der Waals surface area contributed by atoms with Gasteiger partial charge in [-0.15, -0.1) is 0 Å². The Morgan fingerprint density at radius 3 is 2.65 bits per heavy atom. The van der Waals surface area contributed by atoms with E-state index in [9.17, 15) is 4.79 Å². The van der Waals surface area contributed by atoms with Crippen molar-refractivity contribution in [2.75, 3.05) is 13.2 Å². The summed E-state index contributed by atoms with van der Waals surface area (Å²) in [4.78, 5) is 12.1. The van der Waals surface area contributed by atoms with Crippen LogP contribution in [0.1, 0.15) is 25.8 Å². The van der Waals surface area contributed by atoms with E-state index in [4.69, 9.17) is 10.5 Å². The van der Waals surface area contributed by atoms with Gasteiger partial charge in [-0.05, 0) is 38.4 Å². The molecule has 0 amide bonds. The van der Waals surface area contributed by atoms with Crippen LogP contribution in [-0.2, 0) is 14.9 Å². The van der Waals surface area contributed by atoms with E-state index >= 15 is 0 Å². The normalized spacial score (nSPS) is 14.1. The van der Waals surface area contributed by atoms with E-state index in [2.05, 4.69) is 15.9 Å². The van der Waals surface area contributed by atoms with Crippen molar-refractivity contribution in [2.24, 2.45) is 5.73 Å². The first-order valence-electron chi connectivity index (χ1n) is 5.68. The van der Waals surface area contributed by atoms with Gasteiger partial charge in [0, 0.05) is 4.47 Å². The topological polar surface area (TPSA) is 52.3 Å². The lowest BCUT2D eigenvalue weighted by Gasteiger charge is -2.28. The Kier molecular flexibility index (Phi) is 5.15. The van der Waals surface area contributed by atoms with E-state index in [-0.39, 0.29) is 5.97 Å². The van der Waals surface area contributed by atoms with E-state index in [1.54, 1.807) is 6.92 Å². The highest BCUT2D eigenvalue weighted by Crippen LogP contribution is 2.34. The molecule has 2 N–H and O–H groups in total. The summed E-state index contributed by atoms with van der Waals surface area (Å²) < 4.78 is 6.06. The van der Waals surface area contributed by atoms with Crippen LogP contribution < -0.4 is 5.73 Å². The summed E-state index contributed by atoms with van der Waals surface area (Å²) >= 11 is 3.47. The number of hydrogen-bond acceptors (Lipinski definition) is 3. The average Bonchev–Trinajstić information content (AvgIpc) is 2.30. The standard InChI is InChI=1S/C13H18BrNO2/c1-3-17-12(16)13(2,8-9-15)10-6-4-5-7-11(10)14/h4-7H,3,8-9,15H2,1-2H3. The van der Waals surface area contributed by atoms with E-state index in [1.165, 1.54) is 0 Å². The number of esters is 1. The summed E-state index contributed by atoms with van der Waals surface area (Å²) in [5.74, 6) is -0.225. The quantitative estimate of drug-likeness (QED) is 0.850. The Labute approximate surface area is 110 Å². The van der Waals surface area contributed by atoms with Crippen molar-refractivity contribution in [1.29, 1.82) is 0 Å². The Morgan fingerprint density at radius 1 is 1.47 bits per heavy atom. The van der Waals surface area contributed by atoms with Gasteiger partial charge in [0.25, 0.3) is 0 Å². The first-order valence-corrected chi connectivity index (χ1v) is 6.48.